The second-order valence-electron chi connectivity index (χ2n) is 4.20. The molecule has 1 nitrogen and oxygen atoms in total. The summed E-state index contributed by atoms with van der Waals surface area (Å²) in [7, 11) is 0. The molecule has 1 atom stereocenters. The van der Waals surface area contributed by atoms with Crippen LogP contribution in [0.3, 0.4) is 0 Å². The van der Waals surface area contributed by atoms with Gasteiger partial charge in [0.2, 0.25) is 0 Å². The van der Waals surface area contributed by atoms with Crippen LogP contribution in [0.2, 0.25) is 10.0 Å². The summed E-state index contributed by atoms with van der Waals surface area (Å²) in [4.78, 5) is 0. The Morgan fingerprint density at radius 3 is 2.47 bits per heavy atom. The van der Waals surface area contributed by atoms with Crippen LogP contribution in [0.15, 0.2) is 36.4 Å². The Hall–Kier alpha value is -1.16. The largest absolute Gasteiger partial charge is 0.324 e. The van der Waals surface area contributed by atoms with Crippen molar-refractivity contribution in [1.29, 1.82) is 0 Å². The summed E-state index contributed by atoms with van der Waals surface area (Å²) >= 11 is 11.5. The van der Waals surface area contributed by atoms with E-state index in [1.807, 2.05) is 0 Å². The molecule has 0 saturated carbocycles. The van der Waals surface area contributed by atoms with Crippen molar-refractivity contribution in [2.45, 2.75) is 12.5 Å². The van der Waals surface area contributed by atoms with Crippen LogP contribution in [-0.2, 0) is 6.42 Å². The highest BCUT2D eigenvalue weighted by molar-refractivity contribution is 6.31. The van der Waals surface area contributed by atoms with E-state index in [-0.39, 0.29) is 10.0 Å². The molecule has 2 aromatic carbocycles. The molecule has 100 valence electrons. The first-order valence-electron chi connectivity index (χ1n) is 5.62. The SMILES string of the molecule is NC(Cc1cccc(F)c1Cl)c1ccc(Cl)c(F)c1. The first-order valence-corrected chi connectivity index (χ1v) is 6.38. The van der Waals surface area contributed by atoms with Gasteiger partial charge in [0.05, 0.1) is 10.0 Å². The number of hydrogen-bond acceptors (Lipinski definition) is 1. The first kappa shape index (κ1) is 14.3. The summed E-state index contributed by atoms with van der Waals surface area (Å²) in [6, 6.07) is 8.41. The number of benzene rings is 2. The summed E-state index contributed by atoms with van der Waals surface area (Å²) in [6.45, 7) is 0. The molecule has 0 bridgehead atoms. The van der Waals surface area contributed by atoms with Gasteiger partial charge in [-0.3, -0.25) is 0 Å². The van der Waals surface area contributed by atoms with Gasteiger partial charge in [-0.25, -0.2) is 8.78 Å². The Balaban J connectivity index is 2.23. The van der Waals surface area contributed by atoms with Gasteiger partial charge in [0.1, 0.15) is 11.6 Å². The van der Waals surface area contributed by atoms with Crippen molar-refractivity contribution in [3.8, 4) is 0 Å². The maximum Gasteiger partial charge on any atom is 0.142 e. The number of halogens is 4. The second-order valence-corrected chi connectivity index (χ2v) is 4.98. The molecule has 19 heavy (non-hydrogen) atoms. The minimum Gasteiger partial charge on any atom is -0.324 e. The summed E-state index contributed by atoms with van der Waals surface area (Å²) in [5.74, 6) is -1.02. The fourth-order valence-electron chi connectivity index (χ4n) is 1.80. The van der Waals surface area contributed by atoms with E-state index in [0.717, 1.165) is 0 Å². The molecule has 0 aliphatic carbocycles. The molecule has 0 fully saturated rings. The fourth-order valence-corrected chi connectivity index (χ4v) is 2.12. The Labute approximate surface area is 119 Å². The van der Waals surface area contributed by atoms with Crippen LogP contribution in [0.1, 0.15) is 17.2 Å². The molecule has 0 heterocycles. The lowest BCUT2D eigenvalue weighted by Gasteiger charge is -2.14. The zero-order valence-corrected chi connectivity index (χ0v) is 11.3. The van der Waals surface area contributed by atoms with Crippen molar-refractivity contribution in [2.24, 2.45) is 5.73 Å². The molecule has 0 aliphatic heterocycles. The van der Waals surface area contributed by atoms with Crippen molar-refractivity contribution >= 4 is 23.2 Å². The van der Waals surface area contributed by atoms with Crippen LogP contribution in [0, 0.1) is 11.6 Å². The molecule has 0 aromatic heterocycles. The molecule has 0 amide bonds. The predicted molar refractivity (Wildman–Crippen MR) is 73.5 cm³/mol. The lowest BCUT2D eigenvalue weighted by Crippen LogP contribution is -2.14. The van der Waals surface area contributed by atoms with Gasteiger partial charge in [0.15, 0.2) is 0 Å². The third-order valence-corrected chi connectivity index (χ3v) is 3.57. The van der Waals surface area contributed by atoms with E-state index in [1.165, 1.54) is 18.2 Å². The monoisotopic (exact) mass is 301 g/mol. The van der Waals surface area contributed by atoms with Crippen molar-refractivity contribution < 1.29 is 8.78 Å². The lowest BCUT2D eigenvalue weighted by molar-refractivity contribution is 0.614. The van der Waals surface area contributed by atoms with Gasteiger partial charge in [-0.05, 0) is 35.7 Å². The van der Waals surface area contributed by atoms with Gasteiger partial charge in [-0.1, -0.05) is 41.4 Å². The van der Waals surface area contributed by atoms with Crippen LogP contribution >= 0.6 is 23.2 Å². The highest BCUT2D eigenvalue weighted by atomic mass is 35.5. The highest BCUT2D eigenvalue weighted by Gasteiger charge is 2.13. The van der Waals surface area contributed by atoms with Crippen LogP contribution in [0.4, 0.5) is 8.78 Å². The van der Waals surface area contributed by atoms with E-state index < -0.39 is 17.7 Å². The number of nitrogens with two attached hydrogens (primary N) is 1. The van der Waals surface area contributed by atoms with E-state index in [9.17, 15) is 8.78 Å². The van der Waals surface area contributed by atoms with Crippen molar-refractivity contribution in [3.05, 3.63) is 69.2 Å². The molecule has 0 saturated heterocycles. The third-order valence-electron chi connectivity index (χ3n) is 2.84. The topological polar surface area (TPSA) is 26.0 Å². The van der Waals surface area contributed by atoms with Gasteiger partial charge < -0.3 is 5.73 Å². The predicted octanol–water partition coefficient (Wildman–Crippen LogP) is 4.51. The molecule has 0 radical (unpaired) electrons. The maximum atomic E-state index is 13.3. The zero-order valence-electron chi connectivity index (χ0n) is 9.84. The molecule has 2 N–H and O–H groups in total. The summed E-state index contributed by atoms with van der Waals surface area (Å²) < 4.78 is 26.6. The van der Waals surface area contributed by atoms with Crippen molar-refractivity contribution in [1.82, 2.24) is 0 Å². The van der Waals surface area contributed by atoms with Crippen LogP contribution in [0.5, 0.6) is 0 Å². The Morgan fingerprint density at radius 1 is 1.05 bits per heavy atom. The molecule has 0 spiro atoms. The summed E-state index contributed by atoms with van der Waals surface area (Å²) in [5, 5.41) is 0.0899. The minimum atomic E-state index is -0.528. The van der Waals surface area contributed by atoms with Gasteiger partial charge in [0.25, 0.3) is 0 Å². The van der Waals surface area contributed by atoms with Crippen LogP contribution in [0.25, 0.3) is 0 Å². The van der Waals surface area contributed by atoms with E-state index >= 15 is 0 Å². The molecule has 2 rings (SSSR count). The van der Waals surface area contributed by atoms with Gasteiger partial charge in [-0.15, -0.1) is 0 Å². The highest BCUT2D eigenvalue weighted by Crippen LogP contribution is 2.26. The van der Waals surface area contributed by atoms with Gasteiger partial charge in [-0.2, -0.15) is 0 Å². The van der Waals surface area contributed by atoms with Crippen molar-refractivity contribution in [3.63, 3.8) is 0 Å². The van der Waals surface area contributed by atoms with Crippen LogP contribution in [-0.4, -0.2) is 0 Å². The van der Waals surface area contributed by atoms with E-state index in [1.54, 1.807) is 18.2 Å². The van der Waals surface area contributed by atoms with E-state index in [0.29, 0.717) is 17.5 Å². The maximum absolute atomic E-state index is 13.3. The quantitative estimate of drug-likeness (QED) is 0.886. The molecule has 5 heteroatoms. The Morgan fingerprint density at radius 2 is 1.79 bits per heavy atom. The lowest BCUT2D eigenvalue weighted by atomic mass is 9.99. The van der Waals surface area contributed by atoms with Gasteiger partial charge in [0, 0.05) is 6.04 Å². The molecule has 0 aliphatic rings. The smallest absolute Gasteiger partial charge is 0.142 e. The molecular formula is C14H11Cl2F2N. The van der Waals surface area contributed by atoms with E-state index in [4.69, 9.17) is 28.9 Å². The normalized spacial score (nSPS) is 12.5. The summed E-state index contributed by atoms with van der Waals surface area (Å²) in [6.07, 6.45) is 0.317. The Bertz CT molecular complexity index is 602. The first-order chi connectivity index (χ1) is 8.99. The molecule has 2 aromatic rings. The average molecular weight is 302 g/mol. The number of hydrogen-bond donors (Lipinski definition) is 1. The molecular weight excluding hydrogens is 291 g/mol. The minimum absolute atomic E-state index is 0.0414. The van der Waals surface area contributed by atoms with Crippen LogP contribution < -0.4 is 5.73 Å². The zero-order chi connectivity index (χ0) is 14.0. The standard InChI is InChI=1S/C14H11Cl2F2N/c15-10-5-4-8(6-12(10)18)13(19)7-9-2-1-3-11(17)14(9)16/h1-6,13H,7,19H2. The number of rotatable bonds is 3. The second kappa shape index (κ2) is 5.87. The Kier molecular flexibility index (Phi) is 4.40. The average Bonchev–Trinajstić information content (AvgIpc) is 2.38. The fraction of sp³-hybridized carbons (Fsp3) is 0.143. The summed E-state index contributed by atoms with van der Waals surface area (Å²) in [5.41, 5.74) is 7.15. The van der Waals surface area contributed by atoms with Crippen molar-refractivity contribution in [2.75, 3.05) is 0 Å². The molecule has 1 unspecified atom stereocenters. The third kappa shape index (κ3) is 3.24. The van der Waals surface area contributed by atoms with Gasteiger partial charge >= 0.3 is 0 Å². The van der Waals surface area contributed by atoms with E-state index in [2.05, 4.69) is 0 Å².